The Morgan fingerprint density at radius 2 is 1.69 bits per heavy atom. The van der Waals surface area contributed by atoms with Crippen LogP contribution in [0.3, 0.4) is 0 Å². The van der Waals surface area contributed by atoms with E-state index in [0.717, 1.165) is 23.1 Å². The van der Waals surface area contributed by atoms with Crippen LogP contribution < -0.4 is 24.4 Å². The van der Waals surface area contributed by atoms with Crippen molar-refractivity contribution in [1.29, 1.82) is 0 Å². The molecule has 0 bridgehead atoms. The van der Waals surface area contributed by atoms with Crippen molar-refractivity contribution < 1.29 is 42.1 Å². The maximum Gasteiger partial charge on any atom is 0.331 e. The van der Waals surface area contributed by atoms with Crippen molar-refractivity contribution in [3.05, 3.63) is 78.5 Å². The van der Waals surface area contributed by atoms with Crippen molar-refractivity contribution in [3.8, 4) is 23.0 Å². The summed E-state index contributed by atoms with van der Waals surface area (Å²) in [5.74, 6) is -3.12. The van der Waals surface area contributed by atoms with Gasteiger partial charge in [0.15, 0.2) is 23.1 Å². The number of imide groups is 1. The smallest absolute Gasteiger partial charge is 0.331 e. The summed E-state index contributed by atoms with van der Waals surface area (Å²) < 4.78 is 50.7. The van der Waals surface area contributed by atoms with Gasteiger partial charge in [0.05, 0.1) is 32.0 Å². The number of pyridine rings is 1. The molecule has 0 spiro atoms. The number of benzene rings is 3. The molecule has 1 unspecified atom stereocenters. The Kier molecular flexibility index (Phi) is 9.38. The van der Waals surface area contributed by atoms with E-state index in [1.165, 1.54) is 49.6 Å². The van der Waals surface area contributed by atoms with E-state index in [4.69, 9.17) is 18.9 Å². The molecule has 2 heterocycles. The SMILES string of the molecule is CCOCCN1CC(C(=O)Nc2ccc(Oc3ccnc4cc(OC)c(OC)cc34)c(F)c2)C(=O)N(c2ccc(F)cc2)C1=O. The number of amides is 4. The normalized spacial score (nSPS) is 14.9. The number of rotatable bonds is 11. The van der Waals surface area contributed by atoms with Crippen molar-refractivity contribution in [2.45, 2.75) is 6.92 Å². The molecule has 1 aliphatic rings. The predicted octanol–water partition coefficient (Wildman–Crippen LogP) is 5.38. The number of nitrogens with zero attached hydrogens (tertiary/aromatic N) is 3. The molecule has 4 aromatic rings. The number of aromatic nitrogens is 1. The van der Waals surface area contributed by atoms with Crippen LogP contribution in [0.15, 0.2) is 66.9 Å². The molecular formula is C32H30F2N4O7. The lowest BCUT2D eigenvalue weighted by atomic mass is 10.0. The first kappa shape index (κ1) is 31.1. The van der Waals surface area contributed by atoms with Gasteiger partial charge in [0.1, 0.15) is 17.5 Å². The molecule has 1 saturated heterocycles. The number of ether oxygens (including phenoxy) is 4. The lowest BCUT2D eigenvalue weighted by Crippen LogP contribution is -2.60. The topological polar surface area (TPSA) is 120 Å². The first-order chi connectivity index (χ1) is 21.7. The summed E-state index contributed by atoms with van der Waals surface area (Å²) in [6.45, 7) is 2.29. The average molecular weight is 621 g/mol. The summed E-state index contributed by atoms with van der Waals surface area (Å²) >= 11 is 0. The number of carbonyl (C=O) groups excluding carboxylic acids is 3. The number of halogens is 2. The van der Waals surface area contributed by atoms with Gasteiger partial charge in [0.2, 0.25) is 11.8 Å². The molecule has 234 valence electrons. The van der Waals surface area contributed by atoms with Crippen LogP contribution in [0.25, 0.3) is 10.9 Å². The fourth-order valence-corrected chi connectivity index (χ4v) is 4.84. The third kappa shape index (κ3) is 6.63. The fourth-order valence-electron chi connectivity index (χ4n) is 4.84. The van der Waals surface area contributed by atoms with Crippen LogP contribution in [0.5, 0.6) is 23.0 Å². The highest BCUT2D eigenvalue weighted by atomic mass is 19.1. The average Bonchev–Trinajstić information content (AvgIpc) is 3.03. The van der Waals surface area contributed by atoms with Crippen molar-refractivity contribution >= 4 is 40.1 Å². The van der Waals surface area contributed by atoms with Crippen LogP contribution in [-0.2, 0) is 14.3 Å². The van der Waals surface area contributed by atoms with Crippen molar-refractivity contribution in [1.82, 2.24) is 9.88 Å². The van der Waals surface area contributed by atoms with Crippen molar-refractivity contribution in [3.63, 3.8) is 0 Å². The quantitative estimate of drug-likeness (QED) is 0.175. The second-order valence-electron chi connectivity index (χ2n) is 9.90. The Balaban J connectivity index is 1.36. The summed E-state index contributed by atoms with van der Waals surface area (Å²) in [5.41, 5.74) is 0.711. The Labute approximate surface area is 257 Å². The van der Waals surface area contributed by atoms with Crippen LogP contribution in [0.4, 0.5) is 25.0 Å². The number of hydrogen-bond donors (Lipinski definition) is 1. The highest BCUT2D eigenvalue weighted by Crippen LogP contribution is 2.37. The number of carbonyl (C=O) groups is 3. The van der Waals surface area contributed by atoms with Crippen LogP contribution in [0.1, 0.15) is 6.92 Å². The van der Waals surface area contributed by atoms with E-state index in [-0.39, 0.29) is 36.8 Å². The molecule has 1 atom stereocenters. The van der Waals surface area contributed by atoms with E-state index in [9.17, 15) is 18.8 Å². The molecule has 5 rings (SSSR count). The highest BCUT2D eigenvalue weighted by Gasteiger charge is 2.43. The largest absolute Gasteiger partial charge is 0.493 e. The summed E-state index contributed by atoms with van der Waals surface area (Å²) in [5, 5.41) is 3.12. The maximum atomic E-state index is 15.3. The van der Waals surface area contributed by atoms with Gasteiger partial charge in [-0.1, -0.05) is 0 Å². The molecule has 0 saturated carbocycles. The van der Waals surface area contributed by atoms with E-state index >= 15 is 4.39 Å². The van der Waals surface area contributed by atoms with Crippen LogP contribution in [0.2, 0.25) is 0 Å². The Hall–Kier alpha value is -5.30. The van der Waals surface area contributed by atoms with Gasteiger partial charge in [-0.05, 0) is 55.5 Å². The zero-order valence-electron chi connectivity index (χ0n) is 24.7. The molecule has 11 nitrogen and oxygen atoms in total. The molecule has 4 amide bonds. The van der Waals surface area contributed by atoms with Gasteiger partial charge >= 0.3 is 6.03 Å². The van der Waals surface area contributed by atoms with Gasteiger partial charge in [-0.25, -0.2) is 18.5 Å². The monoisotopic (exact) mass is 620 g/mol. The number of methoxy groups -OCH3 is 2. The molecule has 1 N–H and O–H groups in total. The van der Waals surface area contributed by atoms with E-state index in [2.05, 4.69) is 10.3 Å². The minimum atomic E-state index is -1.33. The second-order valence-corrected chi connectivity index (χ2v) is 9.90. The van der Waals surface area contributed by atoms with Crippen molar-refractivity contribution in [2.75, 3.05) is 50.7 Å². The highest BCUT2D eigenvalue weighted by molar-refractivity contribution is 6.23. The van der Waals surface area contributed by atoms with Crippen LogP contribution in [-0.4, -0.2) is 68.3 Å². The summed E-state index contributed by atoms with van der Waals surface area (Å²) in [6.07, 6.45) is 1.51. The molecule has 0 radical (unpaired) electrons. The van der Waals surface area contributed by atoms with Crippen LogP contribution in [0, 0.1) is 17.6 Å². The van der Waals surface area contributed by atoms with E-state index in [1.807, 2.05) is 0 Å². The molecule has 13 heteroatoms. The molecule has 1 fully saturated rings. The number of nitrogens with one attached hydrogen (secondary N) is 1. The minimum absolute atomic E-state index is 0.0646. The summed E-state index contributed by atoms with van der Waals surface area (Å²) in [4.78, 5) is 46.4. The Morgan fingerprint density at radius 1 is 0.956 bits per heavy atom. The zero-order valence-corrected chi connectivity index (χ0v) is 24.7. The van der Waals surface area contributed by atoms with Gasteiger partial charge in [0, 0.05) is 49.1 Å². The Bertz CT molecular complexity index is 1740. The van der Waals surface area contributed by atoms with E-state index < -0.39 is 35.4 Å². The first-order valence-electron chi connectivity index (χ1n) is 14.0. The molecule has 1 aliphatic heterocycles. The first-order valence-corrected chi connectivity index (χ1v) is 14.0. The number of fused-ring (bicyclic) bond motifs is 1. The minimum Gasteiger partial charge on any atom is -0.493 e. The maximum absolute atomic E-state index is 15.3. The lowest BCUT2D eigenvalue weighted by molar-refractivity contribution is -0.132. The van der Waals surface area contributed by atoms with E-state index in [0.29, 0.717) is 34.8 Å². The lowest BCUT2D eigenvalue weighted by Gasteiger charge is -2.37. The molecule has 0 aliphatic carbocycles. The van der Waals surface area contributed by atoms with Gasteiger partial charge < -0.3 is 29.2 Å². The second kappa shape index (κ2) is 13.6. The third-order valence-electron chi connectivity index (χ3n) is 7.12. The standard InChI is InChI=1S/C32H30F2N4O7/c1-4-44-14-13-37-18-23(31(40)38(32(37)41)21-8-5-19(33)6-9-21)30(39)36-20-7-10-27(24(34)15-20)45-26-11-12-35-25-17-29(43-3)28(42-2)16-22(25)26/h5-12,15-17,23H,4,13-14,18H2,1-3H3,(H,36,39). The molecule has 45 heavy (non-hydrogen) atoms. The number of anilines is 2. The van der Waals surface area contributed by atoms with Gasteiger partial charge in [0.25, 0.3) is 0 Å². The van der Waals surface area contributed by atoms with Gasteiger partial charge in [-0.3, -0.25) is 14.6 Å². The molecular weight excluding hydrogens is 590 g/mol. The van der Waals surface area contributed by atoms with Gasteiger partial charge in [-0.2, -0.15) is 0 Å². The van der Waals surface area contributed by atoms with E-state index in [1.54, 1.807) is 25.1 Å². The molecule has 3 aromatic carbocycles. The zero-order chi connectivity index (χ0) is 32.1. The van der Waals surface area contributed by atoms with Crippen LogP contribution >= 0.6 is 0 Å². The third-order valence-corrected chi connectivity index (χ3v) is 7.12. The van der Waals surface area contributed by atoms with Crippen molar-refractivity contribution in [2.24, 2.45) is 5.92 Å². The predicted molar refractivity (Wildman–Crippen MR) is 161 cm³/mol. The number of urea groups is 1. The fraction of sp³-hybridized carbons (Fsp3) is 0.250. The van der Waals surface area contributed by atoms with Gasteiger partial charge in [-0.15, -0.1) is 0 Å². The molecule has 1 aromatic heterocycles. The summed E-state index contributed by atoms with van der Waals surface area (Å²) in [6, 6.07) is 12.8. The number of hydrogen-bond acceptors (Lipinski definition) is 8. The summed E-state index contributed by atoms with van der Waals surface area (Å²) in [7, 11) is 2.99. The Morgan fingerprint density at radius 3 is 2.38 bits per heavy atom.